The van der Waals surface area contributed by atoms with E-state index in [-0.39, 0.29) is 24.2 Å². The lowest BCUT2D eigenvalue weighted by Gasteiger charge is -2.29. The molecule has 0 aromatic heterocycles. The van der Waals surface area contributed by atoms with Gasteiger partial charge in [0.15, 0.2) is 0 Å². The van der Waals surface area contributed by atoms with Gasteiger partial charge in [0.2, 0.25) is 0 Å². The Morgan fingerprint density at radius 1 is 1.21 bits per heavy atom. The van der Waals surface area contributed by atoms with E-state index in [4.69, 9.17) is 9.84 Å². The van der Waals surface area contributed by atoms with Crippen LogP contribution in [0, 0.1) is 5.41 Å². The SMILES string of the molecule is CC(C)(CO)COC1CCC(O)CC1. The van der Waals surface area contributed by atoms with E-state index in [1.807, 2.05) is 13.8 Å². The van der Waals surface area contributed by atoms with Crippen molar-refractivity contribution in [3.8, 4) is 0 Å². The molecule has 14 heavy (non-hydrogen) atoms. The van der Waals surface area contributed by atoms with Crippen LogP contribution in [-0.4, -0.2) is 35.6 Å². The van der Waals surface area contributed by atoms with Gasteiger partial charge in [-0.25, -0.2) is 0 Å². The molecule has 1 rings (SSSR count). The standard InChI is InChI=1S/C11H22O3/c1-11(2,7-12)8-14-10-5-3-9(13)4-6-10/h9-10,12-13H,3-8H2,1-2H3. The molecule has 2 N–H and O–H groups in total. The van der Waals surface area contributed by atoms with E-state index in [0.717, 1.165) is 25.7 Å². The zero-order valence-corrected chi connectivity index (χ0v) is 9.20. The number of rotatable bonds is 4. The molecule has 0 radical (unpaired) electrons. The quantitative estimate of drug-likeness (QED) is 0.723. The Morgan fingerprint density at radius 2 is 1.79 bits per heavy atom. The maximum absolute atomic E-state index is 9.31. The van der Waals surface area contributed by atoms with Gasteiger partial charge in [-0.15, -0.1) is 0 Å². The van der Waals surface area contributed by atoms with Crippen LogP contribution in [0.2, 0.25) is 0 Å². The molecular weight excluding hydrogens is 180 g/mol. The van der Waals surface area contributed by atoms with Crippen molar-refractivity contribution in [1.29, 1.82) is 0 Å². The second-order valence-corrected chi connectivity index (χ2v) is 5.06. The highest BCUT2D eigenvalue weighted by Crippen LogP contribution is 2.23. The summed E-state index contributed by atoms with van der Waals surface area (Å²) in [6.07, 6.45) is 3.75. The Bertz CT molecular complexity index is 160. The summed E-state index contributed by atoms with van der Waals surface area (Å²) in [4.78, 5) is 0. The van der Waals surface area contributed by atoms with E-state index < -0.39 is 0 Å². The lowest BCUT2D eigenvalue weighted by molar-refractivity contribution is -0.0462. The average molecular weight is 202 g/mol. The molecule has 1 aliphatic carbocycles. The maximum atomic E-state index is 9.31. The summed E-state index contributed by atoms with van der Waals surface area (Å²) in [6.45, 7) is 4.74. The lowest BCUT2D eigenvalue weighted by Crippen LogP contribution is -2.30. The van der Waals surface area contributed by atoms with E-state index in [0.29, 0.717) is 6.61 Å². The van der Waals surface area contributed by atoms with Crippen molar-refractivity contribution in [2.24, 2.45) is 5.41 Å². The van der Waals surface area contributed by atoms with Crippen LogP contribution < -0.4 is 0 Å². The van der Waals surface area contributed by atoms with Gasteiger partial charge in [-0.2, -0.15) is 0 Å². The number of aliphatic hydroxyl groups is 2. The van der Waals surface area contributed by atoms with Crippen molar-refractivity contribution < 1.29 is 14.9 Å². The molecule has 0 amide bonds. The van der Waals surface area contributed by atoms with Crippen molar-refractivity contribution in [2.45, 2.75) is 51.7 Å². The molecule has 3 nitrogen and oxygen atoms in total. The predicted molar refractivity (Wildman–Crippen MR) is 55.1 cm³/mol. The van der Waals surface area contributed by atoms with Crippen molar-refractivity contribution in [1.82, 2.24) is 0 Å². The van der Waals surface area contributed by atoms with E-state index in [2.05, 4.69) is 0 Å². The van der Waals surface area contributed by atoms with Crippen LogP contribution in [0.4, 0.5) is 0 Å². The van der Waals surface area contributed by atoms with Crippen molar-refractivity contribution in [3.63, 3.8) is 0 Å². The highest BCUT2D eigenvalue weighted by Gasteiger charge is 2.23. The summed E-state index contributed by atoms with van der Waals surface area (Å²) >= 11 is 0. The van der Waals surface area contributed by atoms with Gasteiger partial charge in [0.25, 0.3) is 0 Å². The van der Waals surface area contributed by atoms with Gasteiger partial charge in [-0.05, 0) is 25.7 Å². The number of hydrogen-bond donors (Lipinski definition) is 2. The minimum atomic E-state index is -0.143. The molecule has 0 unspecified atom stereocenters. The Morgan fingerprint density at radius 3 is 2.29 bits per heavy atom. The molecule has 0 aliphatic heterocycles. The third-order valence-corrected chi connectivity index (χ3v) is 2.78. The first-order valence-electron chi connectivity index (χ1n) is 5.44. The fraction of sp³-hybridized carbons (Fsp3) is 1.00. The minimum absolute atomic E-state index is 0.124. The fourth-order valence-corrected chi connectivity index (χ4v) is 1.60. The smallest absolute Gasteiger partial charge is 0.0577 e. The lowest BCUT2D eigenvalue weighted by atomic mass is 9.93. The highest BCUT2D eigenvalue weighted by atomic mass is 16.5. The molecule has 0 heterocycles. The van der Waals surface area contributed by atoms with Gasteiger partial charge >= 0.3 is 0 Å². The van der Waals surface area contributed by atoms with Crippen LogP contribution in [0.3, 0.4) is 0 Å². The zero-order valence-electron chi connectivity index (χ0n) is 9.20. The van der Waals surface area contributed by atoms with Gasteiger partial charge < -0.3 is 14.9 Å². The Kier molecular flexibility index (Phi) is 4.35. The van der Waals surface area contributed by atoms with Crippen LogP contribution >= 0.6 is 0 Å². The second-order valence-electron chi connectivity index (χ2n) is 5.06. The van der Waals surface area contributed by atoms with Crippen LogP contribution in [0.1, 0.15) is 39.5 Å². The number of hydrogen-bond acceptors (Lipinski definition) is 3. The molecule has 1 saturated carbocycles. The topological polar surface area (TPSA) is 49.7 Å². The molecule has 0 aromatic rings. The van der Waals surface area contributed by atoms with Gasteiger partial charge in [-0.3, -0.25) is 0 Å². The summed E-state index contributed by atoms with van der Waals surface area (Å²) in [6, 6.07) is 0. The van der Waals surface area contributed by atoms with Gasteiger partial charge in [0, 0.05) is 5.41 Å². The largest absolute Gasteiger partial charge is 0.396 e. The first-order chi connectivity index (χ1) is 6.53. The molecule has 0 spiro atoms. The third kappa shape index (κ3) is 3.95. The normalized spacial score (nSPS) is 29.1. The first kappa shape index (κ1) is 12.0. The molecular formula is C11H22O3. The molecule has 0 aromatic carbocycles. The van der Waals surface area contributed by atoms with Crippen LogP contribution in [0.15, 0.2) is 0 Å². The molecule has 0 atom stereocenters. The predicted octanol–water partition coefficient (Wildman–Crippen LogP) is 1.32. The van der Waals surface area contributed by atoms with Crippen molar-refractivity contribution in [2.75, 3.05) is 13.2 Å². The minimum Gasteiger partial charge on any atom is -0.396 e. The number of ether oxygens (including phenoxy) is 1. The van der Waals surface area contributed by atoms with Crippen LogP contribution in [0.25, 0.3) is 0 Å². The first-order valence-corrected chi connectivity index (χ1v) is 5.44. The van der Waals surface area contributed by atoms with Gasteiger partial charge in [-0.1, -0.05) is 13.8 Å². The van der Waals surface area contributed by atoms with Crippen molar-refractivity contribution in [3.05, 3.63) is 0 Å². The fourth-order valence-electron chi connectivity index (χ4n) is 1.60. The monoisotopic (exact) mass is 202 g/mol. The summed E-state index contributed by atoms with van der Waals surface area (Å²) in [5.74, 6) is 0. The van der Waals surface area contributed by atoms with E-state index in [1.54, 1.807) is 0 Å². The van der Waals surface area contributed by atoms with Gasteiger partial charge in [0.1, 0.15) is 0 Å². The summed E-state index contributed by atoms with van der Waals surface area (Å²) in [5, 5.41) is 18.4. The molecule has 0 bridgehead atoms. The number of aliphatic hydroxyl groups excluding tert-OH is 2. The average Bonchev–Trinajstić information content (AvgIpc) is 2.17. The van der Waals surface area contributed by atoms with E-state index in [1.165, 1.54) is 0 Å². The molecule has 1 aliphatic rings. The maximum Gasteiger partial charge on any atom is 0.0577 e. The zero-order chi connectivity index (χ0) is 10.6. The van der Waals surface area contributed by atoms with Crippen LogP contribution in [0.5, 0.6) is 0 Å². The molecule has 84 valence electrons. The van der Waals surface area contributed by atoms with E-state index >= 15 is 0 Å². The van der Waals surface area contributed by atoms with Crippen molar-refractivity contribution >= 4 is 0 Å². The Hall–Kier alpha value is -0.120. The Balaban J connectivity index is 2.19. The summed E-state index contributed by atoms with van der Waals surface area (Å²) in [5.41, 5.74) is -0.143. The summed E-state index contributed by atoms with van der Waals surface area (Å²) in [7, 11) is 0. The molecule has 3 heteroatoms. The molecule has 1 fully saturated rings. The van der Waals surface area contributed by atoms with E-state index in [9.17, 15) is 5.11 Å². The summed E-state index contributed by atoms with van der Waals surface area (Å²) < 4.78 is 5.72. The Labute approximate surface area is 86.1 Å². The second kappa shape index (κ2) is 5.10. The third-order valence-electron chi connectivity index (χ3n) is 2.78. The molecule has 0 saturated heterocycles. The van der Waals surface area contributed by atoms with Gasteiger partial charge in [0.05, 0.1) is 25.4 Å². The highest BCUT2D eigenvalue weighted by molar-refractivity contribution is 4.73. The van der Waals surface area contributed by atoms with Crippen LogP contribution in [-0.2, 0) is 4.74 Å².